The number of carbonyl (C=O) groups is 3. The van der Waals surface area contributed by atoms with E-state index < -0.39 is 17.8 Å². The van der Waals surface area contributed by atoms with Gasteiger partial charge in [-0.15, -0.1) is 0 Å². The van der Waals surface area contributed by atoms with Gasteiger partial charge < -0.3 is 10.1 Å². The first-order valence-electron chi connectivity index (χ1n) is 9.42. The molecule has 3 rings (SSSR count). The van der Waals surface area contributed by atoms with Gasteiger partial charge in [-0.2, -0.15) is 5.10 Å². The average molecular weight is 505 g/mol. The van der Waals surface area contributed by atoms with E-state index in [1.807, 2.05) is 0 Å². The second-order valence-corrected chi connectivity index (χ2v) is 7.90. The van der Waals surface area contributed by atoms with Crippen LogP contribution in [0, 0.1) is 0 Å². The van der Waals surface area contributed by atoms with Crippen molar-refractivity contribution >= 4 is 64.0 Å². The Bertz CT molecular complexity index is 1240. The molecule has 0 aliphatic heterocycles. The summed E-state index contributed by atoms with van der Waals surface area (Å²) in [5.74, 6) is -2.43. The van der Waals surface area contributed by atoms with E-state index in [4.69, 9.17) is 39.5 Å². The van der Waals surface area contributed by atoms with Gasteiger partial charge in [0.1, 0.15) is 5.75 Å². The number of halogens is 3. The summed E-state index contributed by atoms with van der Waals surface area (Å²) in [5.41, 5.74) is 3.35. The third-order valence-corrected chi connectivity index (χ3v) is 4.99. The van der Waals surface area contributed by atoms with Gasteiger partial charge in [0.2, 0.25) is 0 Å². The number of carbonyl (C=O) groups excluding carboxylic acids is 3. The van der Waals surface area contributed by atoms with E-state index in [-0.39, 0.29) is 22.0 Å². The van der Waals surface area contributed by atoms with Gasteiger partial charge in [0, 0.05) is 21.3 Å². The standard InChI is InChI=1S/C23H16Cl3N3O4/c1-13(28-29-22(31)21(30)27-16-11-14(24)10-15(25)12-16)17-6-3-5-9-20(17)33-23(32)18-7-2-4-8-19(18)26/h2-12H,1H3,(H,27,30)(H,29,31)/b28-13+. The highest BCUT2D eigenvalue weighted by Gasteiger charge is 2.17. The molecule has 3 aromatic carbocycles. The Kier molecular flexibility index (Phi) is 8.06. The summed E-state index contributed by atoms with van der Waals surface area (Å²) < 4.78 is 5.47. The second-order valence-electron chi connectivity index (χ2n) is 6.62. The molecule has 0 heterocycles. The summed E-state index contributed by atoms with van der Waals surface area (Å²) in [7, 11) is 0. The number of rotatable bonds is 5. The van der Waals surface area contributed by atoms with Gasteiger partial charge in [-0.25, -0.2) is 10.2 Å². The molecule has 10 heteroatoms. The molecule has 0 saturated heterocycles. The van der Waals surface area contributed by atoms with Gasteiger partial charge in [-0.05, 0) is 49.4 Å². The molecule has 0 spiro atoms. The SMILES string of the molecule is C/C(=N\NC(=O)C(=O)Nc1cc(Cl)cc(Cl)c1)c1ccccc1OC(=O)c1ccccc1Cl. The zero-order valence-electron chi connectivity index (χ0n) is 17.1. The Hall–Kier alpha value is -3.39. The van der Waals surface area contributed by atoms with Crippen LogP contribution in [-0.2, 0) is 9.59 Å². The van der Waals surface area contributed by atoms with Crippen LogP contribution in [0.5, 0.6) is 5.75 Å². The molecular weight excluding hydrogens is 489 g/mol. The molecule has 2 amide bonds. The van der Waals surface area contributed by atoms with Crippen molar-refractivity contribution in [1.82, 2.24) is 5.43 Å². The molecule has 0 bridgehead atoms. The minimum atomic E-state index is -1.02. The Labute approximate surface area is 204 Å². The lowest BCUT2D eigenvalue weighted by atomic mass is 10.1. The molecule has 0 aliphatic rings. The van der Waals surface area contributed by atoms with Crippen molar-refractivity contribution in [2.75, 3.05) is 5.32 Å². The van der Waals surface area contributed by atoms with E-state index in [2.05, 4.69) is 15.8 Å². The number of hydrazone groups is 1. The van der Waals surface area contributed by atoms with E-state index in [1.54, 1.807) is 55.5 Å². The van der Waals surface area contributed by atoms with Crippen LogP contribution in [0.4, 0.5) is 5.69 Å². The van der Waals surface area contributed by atoms with Crippen LogP contribution in [0.1, 0.15) is 22.8 Å². The molecule has 0 saturated carbocycles. The highest BCUT2D eigenvalue weighted by atomic mass is 35.5. The lowest BCUT2D eigenvalue weighted by Crippen LogP contribution is -2.33. The maximum Gasteiger partial charge on any atom is 0.345 e. The minimum Gasteiger partial charge on any atom is -0.422 e. The van der Waals surface area contributed by atoms with Crippen molar-refractivity contribution in [1.29, 1.82) is 0 Å². The number of hydrogen-bond acceptors (Lipinski definition) is 5. The number of hydrogen-bond donors (Lipinski definition) is 2. The van der Waals surface area contributed by atoms with Crippen LogP contribution < -0.4 is 15.5 Å². The monoisotopic (exact) mass is 503 g/mol. The van der Waals surface area contributed by atoms with Crippen LogP contribution in [0.2, 0.25) is 15.1 Å². The molecule has 0 aromatic heterocycles. The fourth-order valence-electron chi connectivity index (χ4n) is 2.70. The molecule has 0 aliphatic carbocycles. The number of anilines is 1. The van der Waals surface area contributed by atoms with Crippen molar-refractivity contribution in [3.8, 4) is 5.75 Å². The third-order valence-electron chi connectivity index (χ3n) is 4.23. The largest absolute Gasteiger partial charge is 0.422 e. The zero-order chi connectivity index (χ0) is 24.0. The van der Waals surface area contributed by atoms with Crippen LogP contribution >= 0.6 is 34.8 Å². The smallest absolute Gasteiger partial charge is 0.345 e. The predicted molar refractivity (Wildman–Crippen MR) is 128 cm³/mol. The Morgan fingerprint density at radius 2 is 1.42 bits per heavy atom. The normalized spacial score (nSPS) is 11.0. The van der Waals surface area contributed by atoms with Gasteiger partial charge in [0.15, 0.2) is 0 Å². The van der Waals surface area contributed by atoms with Crippen LogP contribution in [0.3, 0.4) is 0 Å². The highest BCUT2D eigenvalue weighted by molar-refractivity contribution is 6.40. The summed E-state index contributed by atoms with van der Waals surface area (Å²) >= 11 is 17.8. The highest BCUT2D eigenvalue weighted by Crippen LogP contribution is 2.23. The number of nitrogens with one attached hydrogen (secondary N) is 2. The number of amides is 2. The second kappa shape index (κ2) is 11.0. The fraction of sp³-hybridized carbons (Fsp3) is 0.0435. The average Bonchev–Trinajstić information content (AvgIpc) is 2.77. The van der Waals surface area contributed by atoms with Crippen molar-refractivity contribution in [2.45, 2.75) is 6.92 Å². The summed E-state index contributed by atoms with van der Waals surface area (Å²) in [6.07, 6.45) is 0. The Morgan fingerprint density at radius 3 is 2.09 bits per heavy atom. The molecule has 0 fully saturated rings. The number of nitrogens with zero attached hydrogens (tertiary/aromatic N) is 1. The first-order chi connectivity index (χ1) is 15.7. The lowest BCUT2D eigenvalue weighted by molar-refractivity contribution is -0.136. The van der Waals surface area contributed by atoms with Gasteiger partial charge in [0.05, 0.1) is 16.3 Å². The third kappa shape index (κ3) is 6.55. The summed E-state index contributed by atoms with van der Waals surface area (Å²) in [6.45, 7) is 1.58. The molecule has 7 nitrogen and oxygen atoms in total. The zero-order valence-corrected chi connectivity index (χ0v) is 19.3. The summed E-state index contributed by atoms with van der Waals surface area (Å²) in [5, 5.41) is 7.17. The van der Waals surface area contributed by atoms with Crippen molar-refractivity contribution in [2.24, 2.45) is 5.10 Å². The van der Waals surface area contributed by atoms with E-state index in [0.717, 1.165) is 0 Å². The molecule has 0 radical (unpaired) electrons. The van der Waals surface area contributed by atoms with Crippen molar-refractivity contribution < 1.29 is 19.1 Å². The summed E-state index contributed by atoms with van der Waals surface area (Å²) in [4.78, 5) is 36.8. The number of esters is 1. The van der Waals surface area contributed by atoms with Crippen LogP contribution in [0.25, 0.3) is 0 Å². The quantitative estimate of drug-likeness (QED) is 0.161. The van der Waals surface area contributed by atoms with Crippen LogP contribution in [0.15, 0.2) is 71.8 Å². The molecular formula is C23H16Cl3N3O4. The topological polar surface area (TPSA) is 96.9 Å². The molecule has 168 valence electrons. The molecule has 2 N–H and O–H groups in total. The predicted octanol–water partition coefficient (Wildman–Crippen LogP) is 5.34. The molecule has 33 heavy (non-hydrogen) atoms. The number of ether oxygens (including phenoxy) is 1. The first-order valence-corrected chi connectivity index (χ1v) is 10.6. The van der Waals surface area contributed by atoms with E-state index in [1.165, 1.54) is 18.2 Å². The first kappa shape index (κ1) is 24.3. The maximum absolute atomic E-state index is 12.5. The van der Waals surface area contributed by atoms with Gasteiger partial charge in [0.25, 0.3) is 0 Å². The fourth-order valence-corrected chi connectivity index (χ4v) is 3.43. The summed E-state index contributed by atoms with van der Waals surface area (Å²) in [6, 6.07) is 17.5. The van der Waals surface area contributed by atoms with Crippen molar-refractivity contribution in [3.05, 3.63) is 92.9 Å². The maximum atomic E-state index is 12.5. The lowest BCUT2D eigenvalue weighted by Gasteiger charge is -2.11. The van der Waals surface area contributed by atoms with E-state index >= 15 is 0 Å². The van der Waals surface area contributed by atoms with Crippen LogP contribution in [-0.4, -0.2) is 23.5 Å². The van der Waals surface area contributed by atoms with Gasteiger partial charge in [-0.3, -0.25) is 9.59 Å². The molecule has 0 atom stereocenters. The van der Waals surface area contributed by atoms with Crippen molar-refractivity contribution in [3.63, 3.8) is 0 Å². The van der Waals surface area contributed by atoms with E-state index in [0.29, 0.717) is 21.3 Å². The minimum absolute atomic E-state index is 0.203. The van der Waals surface area contributed by atoms with E-state index in [9.17, 15) is 14.4 Å². The Morgan fingerprint density at radius 1 is 0.818 bits per heavy atom. The number of para-hydroxylation sites is 1. The van der Waals surface area contributed by atoms with Gasteiger partial charge >= 0.3 is 17.8 Å². The molecule has 3 aromatic rings. The Balaban J connectivity index is 1.70. The molecule has 0 unspecified atom stereocenters. The number of benzene rings is 3. The van der Waals surface area contributed by atoms with Gasteiger partial charge in [-0.1, -0.05) is 59.1 Å².